The van der Waals surface area contributed by atoms with Crippen LogP contribution in [0.15, 0.2) is 27.5 Å². The molecule has 0 radical (unpaired) electrons. The van der Waals surface area contributed by atoms with Crippen LogP contribution in [0, 0.1) is 0 Å². The maximum atomic E-state index is 11.6. The summed E-state index contributed by atoms with van der Waals surface area (Å²) in [7, 11) is 0. The smallest absolute Gasteiger partial charge is 0.273 e. The molecule has 0 aromatic carbocycles. The molecule has 7 nitrogen and oxygen atoms in total. The van der Waals surface area contributed by atoms with Crippen LogP contribution in [-0.4, -0.2) is 39.1 Å². The summed E-state index contributed by atoms with van der Waals surface area (Å²) in [6.45, 7) is 0.852. The largest absolute Gasteiger partial charge is 0.396 e. The molecule has 0 bridgehead atoms. The van der Waals surface area contributed by atoms with E-state index >= 15 is 0 Å². The molecule has 2 rings (SSSR count). The molecule has 0 fully saturated rings. The topological polar surface area (TPSA) is 93.2 Å². The number of amides is 1. The molecule has 2 aromatic rings. The van der Waals surface area contributed by atoms with Crippen LogP contribution in [0.5, 0.6) is 0 Å². The molecule has 2 heterocycles. The Bertz CT molecular complexity index is 552. The zero-order chi connectivity index (χ0) is 13.7. The molecule has 0 saturated heterocycles. The molecule has 0 spiro atoms. The van der Waals surface area contributed by atoms with Crippen molar-refractivity contribution in [2.45, 2.75) is 13.0 Å². The highest BCUT2D eigenvalue weighted by Crippen LogP contribution is 2.10. The Morgan fingerprint density at radius 1 is 1.58 bits per heavy atom. The predicted molar refractivity (Wildman–Crippen MR) is 69.6 cm³/mol. The third-order valence-corrected chi connectivity index (χ3v) is 2.74. The van der Waals surface area contributed by atoms with Gasteiger partial charge in [0.25, 0.3) is 5.91 Å². The van der Waals surface area contributed by atoms with Crippen LogP contribution < -0.4 is 5.32 Å². The molecule has 0 aliphatic carbocycles. The molecule has 19 heavy (non-hydrogen) atoms. The average Bonchev–Trinajstić information content (AvgIpc) is 3.00. The summed E-state index contributed by atoms with van der Waals surface area (Å²) in [6.07, 6.45) is 3.97. The first-order valence-corrected chi connectivity index (χ1v) is 6.51. The van der Waals surface area contributed by atoms with Gasteiger partial charge in [-0.05, 0) is 22.4 Å². The van der Waals surface area contributed by atoms with E-state index in [1.807, 2.05) is 0 Å². The number of carbonyl (C=O) groups is 1. The van der Waals surface area contributed by atoms with Crippen LogP contribution in [0.1, 0.15) is 22.7 Å². The number of aliphatic hydroxyl groups is 1. The van der Waals surface area contributed by atoms with E-state index in [0.29, 0.717) is 25.3 Å². The third-order valence-electron chi connectivity index (χ3n) is 2.33. The van der Waals surface area contributed by atoms with Gasteiger partial charge in [0.15, 0.2) is 11.5 Å². The molecule has 0 aliphatic rings. The van der Waals surface area contributed by atoms with Crippen molar-refractivity contribution in [2.75, 3.05) is 13.2 Å². The molecule has 2 aromatic heterocycles. The van der Waals surface area contributed by atoms with E-state index in [0.717, 1.165) is 4.47 Å². The van der Waals surface area contributed by atoms with E-state index in [1.54, 1.807) is 23.1 Å². The van der Waals surface area contributed by atoms with Gasteiger partial charge in [-0.25, -0.2) is 0 Å². The molecule has 8 heteroatoms. The van der Waals surface area contributed by atoms with Crippen molar-refractivity contribution in [1.29, 1.82) is 0 Å². The highest BCUT2D eigenvalue weighted by atomic mass is 79.9. The molecule has 0 atom stereocenters. The minimum Gasteiger partial charge on any atom is -0.396 e. The Hall–Kier alpha value is -1.67. The molecule has 102 valence electrons. The Balaban J connectivity index is 1.93. The third kappa shape index (κ3) is 3.90. The minimum absolute atomic E-state index is 0.0402. The van der Waals surface area contributed by atoms with E-state index in [4.69, 9.17) is 9.63 Å². The van der Waals surface area contributed by atoms with Crippen molar-refractivity contribution >= 4 is 21.8 Å². The van der Waals surface area contributed by atoms with Crippen LogP contribution in [0.4, 0.5) is 0 Å². The number of aliphatic hydroxyl groups excluding tert-OH is 1. The number of nitrogens with zero attached hydrogens (tertiary/aromatic N) is 3. The maximum Gasteiger partial charge on any atom is 0.273 e. The van der Waals surface area contributed by atoms with Gasteiger partial charge in [-0.15, -0.1) is 0 Å². The van der Waals surface area contributed by atoms with E-state index < -0.39 is 0 Å². The fraction of sp³-hybridized carbons (Fsp3) is 0.364. The Labute approximate surface area is 117 Å². The van der Waals surface area contributed by atoms with Crippen LogP contribution in [0.25, 0.3) is 0 Å². The lowest BCUT2D eigenvalue weighted by molar-refractivity contribution is 0.0942. The fourth-order valence-electron chi connectivity index (χ4n) is 1.45. The number of rotatable bonds is 6. The lowest BCUT2D eigenvalue weighted by atomic mass is 10.3. The first kappa shape index (κ1) is 13.8. The van der Waals surface area contributed by atoms with Gasteiger partial charge in [-0.2, -0.15) is 5.10 Å². The van der Waals surface area contributed by atoms with Gasteiger partial charge in [0.05, 0.1) is 10.7 Å². The van der Waals surface area contributed by atoms with Crippen molar-refractivity contribution in [1.82, 2.24) is 20.3 Å². The summed E-state index contributed by atoms with van der Waals surface area (Å²) in [4.78, 5) is 11.6. The molecular formula is C11H13BrN4O3. The highest BCUT2D eigenvalue weighted by molar-refractivity contribution is 9.10. The molecular weight excluding hydrogens is 316 g/mol. The lowest BCUT2D eigenvalue weighted by Crippen LogP contribution is -2.25. The average molecular weight is 329 g/mol. The Morgan fingerprint density at radius 2 is 2.42 bits per heavy atom. The second-order valence-corrected chi connectivity index (χ2v) is 4.78. The summed E-state index contributed by atoms with van der Waals surface area (Å²) >= 11 is 3.30. The van der Waals surface area contributed by atoms with Crippen LogP contribution in [-0.2, 0) is 6.54 Å². The number of halogens is 1. The highest BCUT2D eigenvalue weighted by Gasteiger charge is 2.12. The van der Waals surface area contributed by atoms with Gasteiger partial charge in [0, 0.05) is 25.4 Å². The van der Waals surface area contributed by atoms with Crippen molar-refractivity contribution in [3.05, 3.63) is 34.4 Å². The molecule has 0 unspecified atom stereocenters. The second-order valence-electron chi connectivity index (χ2n) is 3.87. The predicted octanol–water partition coefficient (Wildman–Crippen LogP) is 0.794. The zero-order valence-corrected chi connectivity index (χ0v) is 11.6. The lowest BCUT2D eigenvalue weighted by Gasteiger charge is -1.99. The summed E-state index contributed by atoms with van der Waals surface area (Å²) in [5.41, 5.74) is 0.221. The summed E-state index contributed by atoms with van der Waals surface area (Å²) in [5, 5.41) is 19.0. The van der Waals surface area contributed by atoms with Crippen LogP contribution >= 0.6 is 15.9 Å². The van der Waals surface area contributed by atoms with Crippen molar-refractivity contribution < 1.29 is 14.4 Å². The molecule has 0 saturated carbocycles. The number of carbonyl (C=O) groups excluding carboxylic acids is 1. The van der Waals surface area contributed by atoms with Crippen LogP contribution in [0.3, 0.4) is 0 Å². The number of aromatic nitrogens is 3. The van der Waals surface area contributed by atoms with E-state index in [2.05, 4.69) is 31.5 Å². The maximum absolute atomic E-state index is 11.6. The fourth-order valence-corrected chi connectivity index (χ4v) is 1.78. The SMILES string of the molecule is O=C(NCCCO)c1cc(Cn2cc(Br)cn2)on1. The zero-order valence-electron chi connectivity index (χ0n) is 10.0. The standard InChI is InChI=1S/C11H13BrN4O3/c12-8-5-14-16(6-8)7-9-4-10(15-19-9)11(18)13-2-1-3-17/h4-6,17H,1-3,7H2,(H,13,18). The van der Waals surface area contributed by atoms with Crippen molar-refractivity contribution in [3.8, 4) is 0 Å². The Kier molecular flexibility index (Phi) is 4.69. The van der Waals surface area contributed by atoms with Crippen LogP contribution in [0.2, 0.25) is 0 Å². The monoisotopic (exact) mass is 328 g/mol. The summed E-state index contributed by atoms with van der Waals surface area (Å²) in [6, 6.07) is 1.57. The number of nitrogens with one attached hydrogen (secondary N) is 1. The number of hydrogen-bond acceptors (Lipinski definition) is 5. The van der Waals surface area contributed by atoms with Gasteiger partial charge < -0.3 is 14.9 Å². The van der Waals surface area contributed by atoms with Gasteiger partial charge in [0.1, 0.15) is 6.54 Å². The second kappa shape index (κ2) is 6.48. The molecule has 0 aliphatic heterocycles. The van der Waals surface area contributed by atoms with E-state index in [-0.39, 0.29) is 18.2 Å². The minimum atomic E-state index is -0.315. The quantitative estimate of drug-likeness (QED) is 0.765. The molecule has 1 amide bonds. The van der Waals surface area contributed by atoms with Crippen molar-refractivity contribution in [2.24, 2.45) is 0 Å². The van der Waals surface area contributed by atoms with Gasteiger partial charge >= 0.3 is 0 Å². The van der Waals surface area contributed by atoms with Crippen molar-refractivity contribution in [3.63, 3.8) is 0 Å². The Morgan fingerprint density at radius 3 is 3.11 bits per heavy atom. The first-order valence-electron chi connectivity index (χ1n) is 5.71. The summed E-state index contributed by atoms with van der Waals surface area (Å²) in [5.74, 6) is 0.230. The van der Waals surface area contributed by atoms with Gasteiger partial charge in [-0.3, -0.25) is 9.48 Å². The summed E-state index contributed by atoms with van der Waals surface area (Å²) < 4.78 is 7.60. The number of hydrogen-bond donors (Lipinski definition) is 2. The first-order chi connectivity index (χ1) is 9.19. The van der Waals surface area contributed by atoms with E-state index in [9.17, 15) is 4.79 Å². The van der Waals surface area contributed by atoms with Gasteiger partial charge in [-0.1, -0.05) is 5.16 Å². The molecule has 2 N–H and O–H groups in total. The van der Waals surface area contributed by atoms with E-state index in [1.165, 1.54) is 0 Å². The normalized spacial score (nSPS) is 10.6. The van der Waals surface area contributed by atoms with Gasteiger partial charge in [0.2, 0.25) is 0 Å².